The summed E-state index contributed by atoms with van der Waals surface area (Å²) in [6.45, 7) is 11.1. The Morgan fingerprint density at radius 1 is 1.29 bits per heavy atom. The third-order valence-corrected chi connectivity index (χ3v) is 2.79. The third kappa shape index (κ3) is 4.30. The molecule has 14 heavy (non-hydrogen) atoms. The lowest BCUT2D eigenvalue weighted by Gasteiger charge is -2.36. The predicted molar refractivity (Wildman–Crippen MR) is 57.9 cm³/mol. The second kappa shape index (κ2) is 4.49. The monoisotopic (exact) mass is 199 g/mol. The molecule has 0 aromatic carbocycles. The summed E-state index contributed by atoms with van der Waals surface area (Å²) in [6, 6.07) is 0. The van der Waals surface area contributed by atoms with E-state index in [-0.39, 0.29) is 17.4 Å². The minimum Gasteiger partial charge on any atom is -0.445 e. The molecule has 0 spiro atoms. The molecule has 0 aliphatic rings. The van der Waals surface area contributed by atoms with Crippen LogP contribution in [0.3, 0.4) is 0 Å². The largest absolute Gasteiger partial charge is 0.445 e. The van der Waals surface area contributed by atoms with Crippen LogP contribution in [0.5, 0.6) is 0 Å². The average molecular weight is 199 g/mol. The van der Waals surface area contributed by atoms with Gasteiger partial charge < -0.3 is 10.5 Å². The Kier molecular flexibility index (Phi) is 4.17. The molecule has 0 heterocycles. The molecule has 3 heteroatoms. The first-order valence-electron chi connectivity index (χ1n) is 4.77. The summed E-state index contributed by atoms with van der Waals surface area (Å²) < 4.78 is 4.60. The van der Waals surface area contributed by atoms with Crippen molar-refractivity contribution in [3.05, 3.63) is 12.2 Å². The molecule has 0 aliphatic heterocycles. The van der Waals surface area contributed by atoms with Crippen LogP contribution >= 0.6 is 0 Å². The lowest BCUT2D eigenvalue weighted by atomic mass is 9.69. The standard InChI is InChI=1S/C11H21NO2/c1-10(2,3)11(4,5)7-6-8-14-9(12)13/h6-7H,8H2,1-5H3,(H2,12,13). The van der Waals surface area contributed by atoms with Crippen molar-refractivity contribution in [3.63, 3.8) is 0 Å². The molecule has 0 aromatic heterocycles. The number of amides is 1. The SMILES string of the molecule is CC(C)(C)C(C)(C)C=CCOC(N)=O. The first-order chi connectivity index (χ1) is 6.17. The van der Waals surface area contributed by atoms with E-state index in [1.807, 2.05) is 6.08 Å². The van der Waals surface area contributed by atoms with Gasteiger partial charge in [-0.25, -0.2) is 4.79 Å². The van der Waals surface area contributed by atoms with Crippen LogP contribution in [0.25, 0.3) is 0 Å². The van der Waals surface area contributed by atoms with Crippen LogP contribution in [0.2, 0.25) is 0 Å². The molecule has 0 rings (SSSR count). The predicted octanol–water partition coefficient (Wildman–Crippen LogP) is 2.71. The van der Waals surface area contributed by atoms with Crippen molar-refractivity contribution in [2.24, 2.45) is 16.6 Å². The van der Waals surface area contributed by atoms with Gasteiger partial charge in [0.1, 0.15) is 6.61 Å². The van der Waals surface area contributed by atoms with Crippen LogP contribution in [0, 0.1) is 10.8 Å². The van der Waals surface area contributed by atoms with E-state index in [4.69, 9.17) is 5.73 Å². The summed E-state index contributed by atoms with van der Waals surface area (Å²) in [5.41, 5.74) is 5.07. The summed E-state index contributed by atoms with van der Waals surface area (Å²) in [5.74, 6) is 0. The fourth-order valence-electron chi connectivity index (χ4n) is 0.723. The molecular formula is C11H21NO2. The normalized spacial score (nSPS) is 13.2. The van der Waals surface area contributed by atoms with Crippen LogP contribution in [-0.4, -0.2) is 12.7 Å². The number of primary amides is 1. The molecule has 3 nitrogen and oxygen atoms in total. The number of hydrogen-bond acceptors (Lipinski definition) is 2. The molecule has 0 aliphatic carbocycles. The average Bonchev–Trinajstić information content (AvgIpc) is 1.95. The van der Waals surface area contributed by atoms with Gasteiger partial charge in [-0.3, -0.25) is 0 Å². The van der Waals surface area contributed by atoms with Crippen LogP contribution < -0.4 is 5.73 Å². The van der Waals surface area contributed by atoms with E-state index in [2.05, 4.69) is 45.4 Å². The van der Waals surface area contributed by atoms with Gasteiger partial charge in [-0.2, -0.15) is 0 Å². The van der Waals surface area contributed by atoms with Crippen molar-refractivity contribution < 1.29 is 9.53 Å². The Labute approximate surface area is 86.3 Å². The smallest absolute Gasteiger partial charge is 0.404 e. The Bertz CT molecular complexity index is 224. The maximum atomic E-state index is 10.3. The highest BCUT2D eigenvalue weighted by molar-refractivity contribution is 5.64. The Morgan fingerprint density at radius 3 is 2.14 bits per heavy atom. The van der Waals surface area contributed by atoms with Crippen LogP contribution in [0.1, 0.15) is 34.6 Å². The minimum atomic E-state index is -0.733. The molecule has 0 aromatic rings. The van der Waals surface area contributed by atoms with E-state index >= 15 is 0 Å². The molecular weight excluding hydrogens is 178 g/mol. The van der Waals surface area contributed by atoms with Gasteiger partial charge in [-0.05, 0) is 10.8 Å². The van der Waals surface area contributed by atoms with Crippen LogP contribution in [0.4, 0.5) is 4.79 Å². The summed E-state index contributed by atoms with van der Waals surface area (Å²) in [5, 5.41) is 0. The van der Waals surface area contributed by atoms with Gasteiger partial charge in [0.2, 0.25) is 0 Å². The lowest BCUT2D eigenvalue weighted by molar-refractivity contribution is 0.166. The Morgan fingerprint density at radius 2 is 1.79 bits per heavy atom. The maximum absolute atomic E-state index is 10.3. The van der Waals surface area contributed by atoms with Crippen molar-refractivity contribution in [1.82, 2.24) is 0 Å². The third-order valence-electron chi connectivity index (χ3n) is 2.79. The van der Waals surface area contributed by atoms with Crippen molar-refractivity contribution in [2.75, 3.05) is 6.61 Å². The van der Waals surface area contributed by atoms with Gasteiger partial charge >= 0.3 is 6.09 Å². The van der Waals surface area contributed by atoms with E-state index in [1.165, 1.54) is 0 Å². The number of nitrogens with two attached hydrogens (primary N) is 1. The van der Waals surface area contributed by atoms with Gasteiger partial charge in [0.15, 0.2) is 0 Å². The van der Waals surface area contributed by atoms with Gasteiger partial charge in [0, 0.05) is 0 Å². The van der Waals surface area contributed by atoms with Gasteiger partial charge in [-0.1, -0.05) is 46.8 Å². The summed E-state index contributed by atoms with van der Waals surface area (Å²) in [6.07, 6.45) is 3.15. The lowest BCUT2D eigenvalue weighted by Crippen LogP contribution is -2.27. The number of allylic oxidation sites excluding steroid dienone is 1. The fraction of sp³-hybridized carbons (Fsp3) is 0.727. The number of ether oxygens (including phenoxy) is 1. The molecule has 0 saturated carbocycles. The van der Waals surface area contributed by atoms with E-state index in [9.17, 15) is 4.79 Å². The molecule has 1 amide bonds. The minimum absolute atomic E-state index is 0.0635. The highest BCUT2D eigenvalue weighted by Crippen LogP contribution is 2.38. The molecule has 2 N–H and O–H groups in total. The first-order valence-corrected chi connectivity index (χ1v) is 4.77. The zero-order valence-electron chi connectivity index (χ0n) is 9.76. The second-order valence-electron chi connectivity index (χ2n) is 5.00. The Hall–Kier alpha value is -0.990. The van der Waals surface area contributed by atoms with Crippen molar-refractivity contribution in [3.8, 4) is 0 Å². The second-order valence-corrected chi connectivity index (χ2v) is 5.00. The summed E-state index contributed by atoms with van der Waals surface area (Å²) in [4.78, 5) is 10.3. The summed E-state index contributed by atoms with van der Waals surface area (Å²) >= 11 is 0. The topological polar surface area (TPSA) is 52.3 Å². The molecule has 0 unspecified atom stereocenters. The van der Waals surface area contributed by atoms with E-state index in [0.717, 1.165) is 0 Å². The zero-order valence-corrected chi connectivity index (χ0v) is 9.76. The highest BCUT2D eigenvalue weighted by atomic mass is 16.5. The quantitative estimate of drug-likeness (QED) is 0.710. The molecule has 0 bridgehead atoms. The van der Waals surface area contributed by atoms with E-state index < -0.39 is 6.09 Å². The molecule has 82 valence electrons. The van der Waals surface area contributed by atoms with Crippen LogP contribution in [0.15, 0.2) is 12.2 Å². The molecule has 0 atom stereocenters. The number of rotatable bonds is 3. The first kappa shape index (κ1) is 13.0. The van der Waals surface area contributed by atoms with Gasteiger partial charge in [0.25, 0.3) is 0 Å². The number of carbonyl (C=O) groups is 1. The Balaban J connectivity index is 4.16. The molecule has 0 saturated heterocycles. The van der Waals surface area contributed by atoms with Crippen molar-refractivity contribution in [2.45, 2.75) is 34.6 Å². The fourth-order valence-corrected chi connectivity index (χ4v) is 0.723. The summed E-state index contributed by atoms with van der Waals surface area (Å²) in [7, 11) is 0. The van der Waals surface area contributed by atoms with Gasteiger partial charge in [0.05, 0.1) is 0 Å². The maximum Gasteiger partial charge on any atom is 0.404 e. The van der Waals surface area contributed by atoms with E-state index in [0.29, 0.717) is 0 Å². The highest BCUT2D eigenvalue weighted by Gasteiger charge is 2.29. The van der Waals surface area contributed by atoms with Gasteiger partial charge in [-0.15, -0.1) is 0 Å². The van der Waals surface area contributed by atoms with Crippen molar-refractivity contribution >= 4 is 6.09 Å². The molecule has 0 fully saturated rings. The van der Waals surface area contributed by atoms with E-state index in [1.54, 1.807) is 0 Å². The zero-order chi connectivity index (χ0) is 11.4. The number of carbonyl (C=O) groups excluding carboxylic acids is 1. The van der Waals surface area contributed by atoms with Crippen LogP contribution in [-0.2, 0) is 4.74 Å². The van der Waals surface area contributed by atoms with Crippen molar-refractivity contribution in [1.29, 1.82) is 0 Å². The molecule has 0 radical (unpaired) electrons. The number of hydrogen-bond donors (Lipinski definition) is 1.